The minimum Gasteiger partial charge on any atom is -0.306 e. The lowest BCUT2D eigenvalue weighted by Gasteiger charge is -2.16. The fourth-order valence-corrected chi connectivity index (χ4v) is 2.98. The van der Waals surface area contributed by atoms with E-state index in [4.69, 9.17) is 17.5 Å². The van der Waals surface area contributed by atoms with E-state index in [9.17, 15) is 0 Å². The van der Waals surface area contributed by atoms with E-state index >= 15 is 0 Å². The summed E-state index contributed by atoms with van der Waals surface area (Å²) in [5, 5.41) is 13.4. The van der Waals surface area contributed by atoms with Crippen molar-refractivity contribution in [2.45, 2.75) is 26.2 Å². The van der Waals surface area contributed by atoms with Gasteiger partial charge in [0, 0.05) is 31.4 Å². The molecule has 6 nitrogen and oxygen atoms in total. The number of hydrogen-bond acceptors (Lipinski definition) is 5. The van der Waals surface area contributed by atoms with Crippen LogP contribution in [-0.2, 0) is 26.2 Å². The molecule has 0 saturated heterocycles. The summed E-state index contributed by atoms with van der Waals surface area (Å²) in [4.78, 5) is 6.45. The van der Waals surface area contributed by atoms with E-state index in [0.717, 1.165) is 30.8 Å². The Morgan fingerprint density at radius 2 is 2.12 bits per heavy atom. The van der Waals surface area contributed by atoms with Crippen molar-refractivity contribution < 1.29 is 0 Å². The van der Waals surface area contributed by atoms with Crippen LogP contribution in [-0.4, -0.2) is 31.3 Å². The molecule has 0 spiro atoms. The normalized spacial score (nSPS) is 10.8. The summed E-state index contributed by atoms with van der Waals surface area (Å²) in [7, 11) is 2.01. The molecule has 3 rings (SSSR count). The number of nitriles is 1. The first-order valence-electron chi connectivity index (χ1n) is 8.35. The van der Waals surface area contributed by atoms with Crippen molar-refractivity contribution in [2.75, 3.05) is 7.05 Å². The van der Waals surface area contributed by atoms with Gasteiger partial charge in [0.25, 0.3) is 0 Å². The second-order valence-corrected chi connectivity index (χ2v) is 6.51. The second-order valence-electron chi connectivity index (χ2n) is 6.15. The number of benzene rings is 1. The maximum Gasteiger partial charge on any atom is 0.198 e. The van der Waals surface area contributed by atoms with Crippen LogP contribution < -0.4 is 0 Å². The maximum atomic E-state index is 9.00. The van der Waals surface area contributed by atoms with Gasteiger partial charge in [0.15, 0.2) is 4.77 Å². The van der Waals surface area contributed by atoms with E-state index < -0.39 is 0 Å². The number of aryl methyl sites for hydroxylation is 2. The van der Waals surface area contributed by atoms with Crippen LogP contribution >= 0.6 is 12.2 Å². The average Bonchev–Trinajstić information content (AvgIpc) is 3.00. The fraction of sp³-hybridized carbons (Fsp3) is 0.263. The summed E-state index contributed by atoms with van der Waals surface area (Å²) in [6, 6.07) is 15.7. The fourth-order valence-electron chi connectivity index (χ4n) is 2.73. The summed E-state index contributed by atoms with van der Waals surface area (Å²) in [6.07, 6.45) is 4.39. The third-order valence-electron chi connectivity index (χ3n) is 4.02. The Morgan fingerprint density at radius 3 is 2.88 bits per heavy atom. The maximum absolute atomic E-state index is 9.00. The first kappa shape index (κ1) is 18.0. The molecule has 3 aromatic rings. The van der Waals surface area contributed by atoms with Crippen molar-refractivity contribution in [3.05, 3.63) is 76.6 Å². The largest absolute Gasteiger partial charge is 0.306 e. The van der Waals surface area contributed by atoms with Gasteiger partial charge in [0.2, 0.25) is 0 Å². The molecule has 1 aromatic carbocycles. The molecule has 2 aromatic heterocycles. The molecule has 0 amide bonds. The number of rotatable bonds is 7. The van der Waals surface area contributed by atoms with Crippen LogP contribution in [0.15, 0.2) is 55.0 Å². The van der Waals surface area contributed by atoms with Gasteiger partial charge in [-0.1, -0.05) is 18.2 Å². The monoisotopic (exact) mass is 364 g/mol. The minimum atomic E-state index is 0.589. The highest BCUT2D eigenvalue weighted by Crippen LogP contribution is 2.08. The molecule has 0 aliphatic rings. The summed E-state index contributed by atoms with van der Waals surface area (Å²) in [5.41, 5.74) is 2.80. The number of nitrogens with zero attached hydrogens (tertiary/aromatic N) is 6. The molecule has 0 aliphatic heterocycles. The van der Waals surface area contributed by atoms with Crippen molar-refractivity contribution >= 4 is 12.2 Å². The van der Waals surface area contributed by atoms with Crippen molar-refractivity contribution in [2.24, 2.45) is 0 Å². The third kappa shape index (κ3) is 4.63. The summed E-state index contributed by atoms with van der Waals surface area (Å²) < 4.78 is 4.47. The molecule has 0 atom stereocenters. The lowest BCUT2D eigenvalue weighted by molar-refractivity contribution is 0.243. The molecule has 0 radical (unpaired) electrons. The standard InChI is InChI=1S/C19H20N6S/c1-23(13-17-6-4-5-16(11-17)12-20)15-25-19(26)24(14-22-25)10-8-18-7-2-3-9-21-18/h2-7,9,11,14H,8,10,13,15H2,1H3. The Labute approximate surface area is 158 Å². The first-order valence-corrected chi connectivity index (χ1v) is 8.76. The van der Waals surface area contributed by atoms with Gasteiger partial charge >= 0.3 is 0 Å². The van der Waals surface area contributed by atoms with Crippen LogP contribution in [0.3, 0.4) is 0 Å². The lowest BCUT2D eigenvalue weighted by atomic mass is 10.1. The van der Waals surface area contributed by atoms with Gasteiger partial charge in [-0.05, 0) is 49.1 Å². The van der Waals surface area contributed by atoms with E-state index in [1.807, 2.05) is 58.8 Å². The minimum absolute atomic E-state index is 0.589. The summed E-state index contributed by atoms with van der Waals surface area (Å²) >= 11 is 5.54. The van der Waals surface area contributed by atoms with E-state index in [-0.39, 0.29) is 0 Å². The predicted octanol–water partition coefficient (Wildman–Crippen LogP) is 3.01. The highest BCUT2D eigenvalue weighted by molar-refractivity contribution is 7.71. The smallest absolute Gasteiger partial charge is 0.198 e. The van der Waals surface area contributed by atoms with Crippen LogP contribution in [0.25, 0.3) is 0 Å². The van der Waals surface area contributed by atoms with E-state index in [1.165, 1.54) is 0 Å². The van der Waals surface area contributed by atoms with Gasteiger partial charge in [0.05, 0.1) is 18.3 Å². The zero-order valence-corrected chi connectivity index (χ0v) is 15.4. The predicted molar refractivity (Wildman–Crippen MR) is 102 cm³/mol. The topological polar surface area (TPSA) is 62.7 Å². The highest BCUT2D eigenvalue weighted by Gasteiger charge is 2.07. The number of pyridine rings is 1. The van der Waals surface area contributed by atoms with Crippen LogP contribution in [0.1, 0.15) is 16.8 Å². The Morgan fingerprint density at radius 1 is 1.23 bits per heavy atom. The van der Waals surface area contributed by atoms with Gasteiger partial charge in [-0.15, -0.1) is 0 Å². The average molecular weight is 364 g/mol. The molecule has 0 N–H and O–H groups in total. The zero-order chi connectivity index (χ0) is 18.4. The summed E-state index contributed by atoms with van der Waals surface area (Å²) in [6.45, 7) is 2.06. The van der Waals surface area contributed by atoms with Crippen LogP contribution in [0.5, 0.6) is 0 Å². The van der Waals surface area contributed by atoms with Crippen LogP contribution in [0.4, 0.5) is 0 Å². The lowest BCUT2D eigenvalue weighted by Crippen LogP contribution is -2.22. The molecule has 132 valence electrons. The zero-order valence-electron chi connectivity index (χ0n) is 14.6. The van der Waals surface area contributed by atoms with Crippen molar-refractivity contribution in [1.29, 1.82) is 5.26 Å². The molecular formula is C19H20N6S. The molecule has 7 heteroatoms. The van der Waals surface area contributed by atoms with Crippen LogP contribution in [0.2, 0.25) is 0 Å². The van der Waals surface area contributed by atoms with Gasteiger partial charge in [-0.3, -0.25) is 9.88 Å². The van der Waals surface area contributed by atoms with Crippen molar-refractivity contribution in [1.82, 2.24) is 24.2 Å². The Bertz CT molecular complexity index is 954. The number of aromatic nitrogens is 4. The molecule has 0 aliphatic carbocycles. The molecule has 0 saturated carbocycles. The van der Waals surface area contributed by atoms with Gasteiger partial charge < -0.3 is 4.57 Å². The molecule has 0 fully saturated rings. The van der Waals surface area contributed by atoms with E-state index in [0.29, 0.717) is 17.0 Å². The molecule has 26 heavy (non-hydrogen) atoms. The SMILES string of the molecule is CN(Cc1cccc(C#N)c1)Cn1ncn(CCc2ccccn2)c1=S. The Hall–Kier alpha value is -2.82. The molecule has 0 unspecified atom stereocenters. The van der Waals surface area contributed by atoms with Crippen molar-refractivity contribution in [3.63, 3.8) is 0 Å². The molecule has 0 bridgehead atoms. The quantitative estimate of drug-likeness (QED) is 0.603. The van der Waals surface area contributed by atoms with Crippen molar-refractivity contribution in [3.8, 4) is 6.07 Å². The van der Waals surface area contributed by atoms with Gasteiger partial charge in [-0.25, -0.2) is 4.68 Å². The van der Waals surface area contributed by atoms with Crippen LogP contribution in [0, 0.1) is 16.1 Å². The Kier molecular flexibility index (Phi) is 5.89. The highest BCUT2D eigenvalue weighted by atomic mass is 32.1. The van der Waals surface area contributed by atoms with E-state index in [2.05, 4.69) is 21.1 Å². The first-order chi connectivity index (χ1) is 12.7. The van der Waals surface area contributed by atoms with E-state index in [1.54, 1.807) is 12.5 Å². The molecule has 2 heterocycles. The second kappa shape index (κ2) is 8.52. The van der Waals surface area contributed by atoms with Gasteiger partial charge in [-0.2, -0.15) is 10.4 Å². The van der Waals surface area contributed by atoms with Gasteiger partial charge in [0.1, 0.15) is 6.33 Å². The third-order valence-corrected chi connectivity index (χ3v) is 4.46. The Balaban J connectivity index is 1.60. The summed E-state index contributed by atoms with van der Waals surface area (Å²) in [5.74, 6) is 0. The molecular weight excluding hydrogens is 344 g/mol. The number of hydrogen-bond donors (Lipinski definition) is 0.